The predicted molar refractivity (Wildman–Crippen MR) is 106 cm³/mol. The number of anilines is 1. The fourth-order valence-corrected chi connectivity index (χ4v) is 4.16. The Morgan fingerprint density at radius 2 is 1.93 bits per heavy atom. The molecule has 5 nitrogen and oxygen atoms in total. The topological polar surface area (TPSA) is 66.5 Å². The lowest BCUT2D eigenvalue weighted by atomic mass is 10.1. The van der Waals surface area contributed by atoms with Gasteiger partial charge in [-0.25, -0.2) is 12.8 Å². The van der Waals surface area contributed by atoms with E-state index in [0.29, 0.717) is 24.4 Å². The predicted octanol–water partition coefficient (Wildman–Crippen LogP) is 3.38. The Labute approximate surface area is 164 Å². The number of hydrogen-bond acceptors (Lipinski definition) is 3. The second-order valence-electron chi connectivity index (χ2n) is 6.20. The molecule has 2 aromatic rings. The molecule has 146 valence electrons. The van der Waals surface area contributed by atoms with Crippen LogP contribution in [0.25, 0.3) is 0 Å². The standard InChI is InChI=1S/C19H22ClFN2O3S/c1-14(23(27(2,25)26)17-10-5-9-16(21)13-17)19(24)22-12-6-8-15-7-3-4-11-18(15)20/h3-5,7,9-11,13-14H,6,8,12H2,1-2H3,(H,22,24)/t14-/m0/s1. The summed E-state index contributed by atoms with van der Waals surface area (Å²) in [5.74, 6) is -1.03. The monoisotopic (exact) mass is 412 g/mol. The summed E-state index contributed by atoms with van der Waals surface area (Å²) < 4.78 is 38.7. The van der Waals surface area contributed by atoms with E-state index in [1.54, 1.807) is 6.07 Å². The zero-order valence-corrected chi connectivity index (χ0v) is 16.7. The molecule has 1 atom stereocenters. The summed E-state index contributed by atoms with van der Waals surface area (Å²) in [5.41, 5.74) is 1.09. The summed E-state index contributed by atoms with van der Waals surface area (Å²) in [4.78, 5) is 12.4. The zero-order valence-electron chi connectivity index (χ0n) is 15.2. The van der Waals surface area contributed by atoms with Gasteiger partial charge in [-0.05, 0) is 49.6 Å². The Morgan fingerprint density at radius 3 is 2.56 bits per heavy atom. The summed E-state index contributed by atoms with van der Waals surface area (Å²) in [6, 6.07) is 11.6. The average molecular weight is 413 g/mol. The number of nitrogens with zero attached hydrogens (tertiary/aromatic N) is 1. The molecule has 0 aromatic heterocycles. The van der Waals surface area contributed by atoms with E-state index in [9.17, 15) is 17.6 Å². The van der Waals surface area contributed by atoms with Crippen LogP contribution in [-0.2, 0) is 21.2 Å². The molecule has 1 N–H and O–H groups in total. The number of amides is 1. The van der Waals surface area contributed by atoms with Gasteiger partial charge in [0.05, 0.1) is 11.9 Å². The van der Waals surface area contributed by atoms with E-state index in [2.05, 4.69) is 5.32 Å². The summed E-state index contributed by atoms with van der Waals surface area (Å²) in [6.07, 6.45) is 2.33. The highest BCUT2D eigenvalue weighted by Gasteiger charge is 2.29. The fourth-order valence-electron chi connectivity index (χ4n) is 2.76. The van der Waals surface area contributed by atoms with Crippen molar-refractivity contribution >= 4 is 33.2 Å². The van der Waals surface area contributed by atoms with Crippen molar-refractivity contribution in [1.29, 1.82) is 0 Å². The molecule has 0 unspecified atom stereocenters. The molecule has 0 saturated heterocycles. The minimum Gasteiger partial charge on any atom is -0.354 e. The van der Waals surface area contributed by atoms with E-state index in [4.69, 9.17) is 11.6 Å². The van der Waals surface area contributed by atoms with Crippen LogP contribution in [0.1, 0.15) is 18.9 Å². The van der Waals surface area contributed by atoms with E-state index in [1.807, 2.05) is 18.2 Å². The van der Waals surface area contributed by atoms with E-state index < -0.39 is 27.8 Å². The number of nitrogens with one attached hydrogen (secondary N) is 1. The van der Waals surface area contributed by atoms with Crippen molar-refractivity contribution in [1.82, 2.24) is 5.32 Å². The van der Waals surface area contributed by atoms with Gasteiger partial charge in [-0.3, -0.25) is 9.10 Å². The minimum absolute atomic E-state index is 0.108. The SMILES string of the molecule is C[C@@H](C(=O)NCCCc1ccccc1Cl)N(c1cccc(F)c1)S(C)(=O)=O. The molecular weight excluding hydrogens is 391 g/mol. The van der Waals surface area contributed by atoms with Crippen LogP contribution >= 0.6 is 11.6 Å². The third kappa shape index (κ3) is 5.94. The van der Waals surface area contributed by atoms with E-state index in [0.717, 1.165) is 22.2 Å². The largest absolute Gasteiger partial charge is 0.354 e. The lowest BCUT2D eigenvalue weighted by Gasteiger charge is -2.28. The van der Waals surface area contributed by atoms with Crippen LogP contribution in [0.2, 0.25) is 5.02 Å². The fraction of sp³-hybridized carbons (Fsp3) is 0.316. The number of halogens is 2. The summed E-state index contributed by atoms with van der Waals surface area (Å²) in [5, 5.41) is 3.40. The molecule has 0 bridgehead atoms. The van der Waals surface area contributed by atoms with Crippen LogP contribution in [0.5, 0.6) is 0 Å². The summed E-state index contributed by atoms with van der Waals surface area (Å²) >= 11 is 6.10. The molecular formula is C19H22ClFN2O3S. The van der Waals surface area contributed by atoms with Crippen LogP contribution in [0, 0.1) is 5.82 Å². The second kappa shape index (κ2) is 9.19. The first-order valence-corrected chi connectivity index (χ1v) is 10.7. The van der Waals surface area contributed by atoms with Gasteiger partial charge in [-0.2, -0.15) is 0 Å². The number of carbonyl (C=O) groups is 1. The molecule has 0 aliphatic carbocycles. The maximum Gasteiger partial charge on any atom is 0.243 e. The van der Waals surface area contributed by atoms with E-state index >= 15 is 0 Å². The van der Waals surface area contributed by atoms with Crippen LogP contribution in [0.15, 0.2) is 48.5 Å². The van der Waals surface area contributed by atoms with Gasteiger partial charge in [-0.1, -0.05) is 35.9 Å². The van der Waals surface area contributed by atoms with Gasteiger partial charge in [-0.15, -0.1) is 0 Å². The Hall–Kier alpha value is -2.12. The first-order valence-electron chi connectivity index (χ1n) is 8.46. The minimum atomic E-state index is -3.77. The molecule has 2 aromatic carbocycles. The van der Waals surface area contributed by atoms with Crippen molar-refractivity contribution in [2.45, 2.75) is 25.8 Å². The first-order chi connectivity index (χ1) is 12.7. The van der Waals surface area contributed by atoms with Crippen molar-refractivity contribution in [3.8, 4) is 0 Å². The molecule has 0 aliphatic rings. The lowest BCUT2D eigenvalue weighted by molar-refractivity contribution is -0.121. The number of benzene rings is 2. The number of sulfonamides is 1. The molecule has 0 radical (unpaired) electrons. The van der Waals surface area contributed by atoms with Crippen molar-refractivity contribution in [2.75, 3.05) is 17.1 Å². The average Bonchev–Trinajstić information content (AvgIpc) is 2.59. The van der Waals surface area contributed by atoms with Gasteiger partial charge in [0.2, 0.25) is 15.9 Å². The molecule has 8 heteroatoms. The Kier molecular flexibility index (Phi) is 7.21. The van der Waals surface area contributed by atoms with E-state index in [-0.39, 0.29) is 5.69 Å². The van der Waals surface area contributed by atoms with Gasteiger partial charge in [0.1, 0.15) is 11.9 Å². The van der Waals surface area contributed by atoms with Gasteiger partial charge in [0.25, 0.3) is 0 Å². The van der Waals surface area contributed by atoms with Crippen molar-refractivity contribution in [3.63, 3.8) is 0 Å². The number of aryl methyl sites for hydroxylation is 1. The zero-order chi connectivity index (χ0) is 20.0. The molecule has 0 heterocycles. The highest BCUT2D eigenvalue weighted by atomic mass is 35.5. The maximum atomic E-state index is 13.5. The molecule has 0 spiro atoms. The quantitative estimate of drug-likeness (QED) is 0.676. The van der Waals surface area contributed by atoms with Crippen LogP contribution in [-0.4, -0.2) is 33.2 Å². The summed E-state index contributed by atoms with van der Waals surface area (Å²) in [7, 11) is -3.77. The number of carbonyl (C=O) groups excluding carboxylic acids is 1. The Balaban J connectivity index is 2.00. The number of rotatable bonds is 8. The molecule has 0 saturated carbocycles. The smallest absolute Gasteiger partial charge is 0.243 e. The molecule has 27 heavy (non-hydrogen) atoms. The third-order valence-electron chi connectivity index (χ3n) is 4.03. The van der Waals surface area contributed by atoms with Crippen LogP contribution in [0.3, 0.4) is 0 Å². The van der Waals surface area contributed by atoms with Crippen molar-refractivity contribution in [2.24, 2.45) is 0 Å². The number of hydrogen-bond donors (Lipinski definition) is 1. The first kappa shape index (κ1) is 21.2. The highest BCUT2D eigenvalue weighted by molar-refractivity contribution is 7.92. The second-order valence-corrected chi connectivity index (χ2v) is 8.47. The summed E-state index contributed by atoms with van der Waals surface area (Å²) in [6.45, 7) is 1.84. The van der Waals surface area contributed by atoms with Crippen LogP contribution < -0.4 is 9.62 Å². The van der Waals surface area contributed by atoms with Gasteiger partial charge >= 0.3 is 0 Å². The van der Waals surface area contributed by atoms with Crippen molar-refractivity contribution < 1.29 is 17.6 Å². The normalized spacial score (nSPS) is 12.4. The molecule has 1 amide bonds. The Bertz CT molecular complexity index is 905. The van der Waals surface area contributed by atoms with E-state index in [1.165, 1.54) is 25.1 Å². The highest BCUT2D eigenvalue weighted by Crippen LogP contribution is 2.21. The molecule has 0 aliphatic heterocycles. The molecule has 0 fully saturated rings. The Morgan fingerprint density at radius 1 is 1.22 bits per heavy atom. The van der Waals surface area contributed by atoms with Crippen molar-refractivity contribution in [3.05, 3.63) is 64.9 Å². The maximum absolute atomic E-state index is 13.5. The molecule has 2 rings (SSSR count). The van der Waals surface area contributed by atoms with Gasteiger partial charge < -0.3 is 5.32 Å². The van der Waals surface area contributed by atoms with Gasteiger partial charge in [0.15, 0.2) is 0 Å². The van der Waals surface area contributed by atoms with Crippen LogP contribution in [0.4, 0.5) is 10.1 Å². The van der Waals surface area contributed by atoms with Gasteiger partial charge in [0, 0.05) is 11.6 Å². The lowest BCUT2D eigenvalue weighted by Crippen LogP contribution is -2.48. The third-order valence-corrected chi connectivity index (χ3v) is 5.64.